The van der Waals surface area contributed by atoms with Crippen LogP contribution in [0.4, 0.5) is 5.69 Å². The number of rotatable bonds is 5. The van der Waals surface area contributed by atoms with Gasteiger partial charge in [0, 0.05) is 29.2 Å². The van der Waals surface area contributed by atoms with Crippen LogP contribution in [-0.2, 0) is 11.3 Å². The fourth-order valence-electron chi connectivity index (χ4n) is 3.40. The summed E-state index contributed by atoms with van der Waals surface area (Å²) in [5, 5.41) is 13.8. The number of benzene rings is 3. The van der Waals surface area contributed by atoms with E-state index in [1.165, 1.54) is 0 Å². The van der Waals surface area contributed by atoms with Gasteiger partial charge in [-0.05, 0) is 29.8 Å². The van der Waals surface area contributed by atoms with Gasteiger partial charge >= 0.3 is 0 Å². The standard InChI is InChI=1S/C25H17Cl2N3O/c26-21-10-6-11-22(27)24(21)29-25(31)18(14-28)13-19-16-30(15-17-7-2-1-3-8-17)23-12-5-4-9-20(19)23/h1-13,16H,15H2,(H,29,31)/b18-13+. The van der Waals surface area contributed by atoms with E-state index in [0.717, 1.165) is 22.0 Å². The number of nitrogens with zero attached hydrogens (tertiary/aromatic N) is 2. The SMILES string of the molecule is N#C/C(=C\c1cn(Cc2ccccc2)c2ccccc12)C(=O)Nc1c(Cl)cccc1Cl. The summed E-state index contributed by atoms with van der Waals surface area (Å²) < 4.78 is 2.11. The zero-order chi connectivity index (χ0) is 21.8. The van der Waals surface area contributed by atoms with E-state index in [1.807, 2.05) is 54.7 Å². The van der Waals surface area contributed by atoms with Crippen molar-refractivity contribution in [2.45, 2.75) is 6.54 Å². The Balaban J connectivity index is 1.70. The molecule has 0 saturated heterocycles. The largest absolute Gasteiger partial charge is 0.342 e. The monoisotopic (exact) mass is 445 g/mol. The van der Waals surface area contributed by atoms with Gasteiger partial charge < -0.3 is 9.88 Å². The van der Waals surface area contributed by atoms with Crippen molar-refractivity contribution in [2.75, 3.05) is 5.32 Å². The Morgan fingerprint density at radius 3 is 2.35 bits per heavy atom. The maximum absolute atomic E-state index is 12.8. The summed E-state index contributed by atoms with van der Waals surface area (Å²) in [4.78, 5) is 12.8. The van der Waals surface area contributed by atoms with E-state index >= 15 is 0 Å². The number of nitriles is 1. The first-order valence-electron chi connectivity index (χ1n) is 9.56. The van der Waals surface area contributed by atoms with Crippen LogP contribution in [0, 0.1) is 11.3 Å². The first-order valence-corrected chi connectivity index (χ1v) is 10.3. The van der Waals surface area contributed by atoms with Crippen molar-refractivity contribution in [1.29, 1.82) is 5.26 Å². The van der Waals surface area contributed by atoms with Gasteiger partial charge in [-0.25, -0.2) is 0 Å². The summed E-state index contributed by atoms with van der Waals surface area (Å²) in [7, 11) is 0. The van der Waals surface area contributed by atoms with Crippen LogP contribution in [0.1, 0.15) is 11.1 Å². The zero-order valence-electron chi connectivity index (χ0n) is 16.3. The topological polar surface area (TPSA) is 57.8 Å². The van der Waals surface area contributed by atoms with Crippen molar-refractivity contribution in [3.63, 3.8) is 0 Å². The first kappa shape index (κ1) is 20.7. The Bertz CT molecular complexity index is 1310. The highest BCUT2D eigenvalue weighted by molar-refractivity contribution is 6.40. The zero-order valence-corrected chi connectivity index (χ0v) is 17.9. The number of carbonyl (C=O) groups excluding carboxylic acids is 1. The lowest BCUT2D eigenvalue weighted by Gasteiger charge is -2.08. The van der Waals surface area contributed by atoms with E-state index in [0.29, 0.717) is 16.6 Å². The second-order valence-electron chi connectivity index (χ2n) is 6.94. The lowest BCUT2D eigenvalue weighted by atomic mass is 10.1. The van der Waals surface area contributed by atoms with E-state index in [9.17, 15) is 10.1 Å². The average Bonchev–Trinajstić information content (AvgIpc) is 3.12. The van der Waals surface area contributed by atoms with Crippen LogP contribution in [0.15, 0.2) is 84.6 Å². The predicted octanol–water partition coefficient (Wildman–Crippen LogP) is 6.54. The second-order valence-corrected chi connectivity index (χ2v) is 7.75. The minimum absolute atomic E-state index is 0.0430. The number of anilines is 1. The molecular formula is C25H17Cl2N3O. The van der Waals surface area contributed by atoms with Gasteiger partial charge in [0.05, 0.1) is 15.7 Å². The van der Waals surface area contributed by atoms with Gasteiger partial charge in [0.2, 0.25) is 0 Å². The lowest BCUT2D eigenvalue weighted by Crippen LogP contribution is -2.14. The van der Waals surface area contributed by atoms with Gasteiger partial charge in [0.25, 0.3) is 5.91 Å². The Kier molecular flexibility index (Phi) is 6.08. The fourth-order valence-corrected chi connectivity index (χ4v) is 3.90. The Morgan fingerprint density at radius 1 is 0.968 bits per heavy atom. The number of halogens is 2. The third-order valence-electron chi connectivity index (χ3n) is 4.88. The van der Waals surface area contributed by atoms with Crippen LogP contribution in [0.5, 0.6) is 0 Å². The highest BCUT2D eigenvalue weighted by Crippen LogP contribution is 2.30. The van der Waals surface area contributed by atoms with Crippen LogP contribution in [0.3, 0.4) is 0 Å². The van der Waals surface area contributed by atoms with E-state index in [4.69, 9.17) is 23.2 Å². The van der Waals surface area contributed by atoms with E-state index < -0.39 is 5.91 Å². The van der Waals surface area contributed by atoms with E-state index in [1.54, 1.807) is 24.3 Å². The summed E-state index contributed by atoms with van der Waals surface area (Å²) in [5.41, 5.74) is 3.19. The molecule has 4 nitrogen and oxygen atoms in total. The molecule has 3 aromatic carbocycles. The van der Waals surface area contributed by atoms with Gasteiger partial charge in [-0.15, -0.1) is 0 Å². The average molecular weight is 446 g/mol. The van der Waals surface area contributed by atoms with Gasteiger partial charge in [-0.2, -0.15) is 5.26 Å². The Morgan fingerprint density at radius 2 is 1.65 bits per heavy atom. The molecule has 0 spiro atoms. The number of hydrogen-bond acceptors (Lipinski definition) is 2. The molecule has 1 heterocycles. The number of nitrogens with one attached hydrogen (secondary N) is 1. The number of amides is 1. The number of para-hydroxylation sites is 2. The summed E-state index contributed by atoms with van der Waals surface area (Å²) in [6.45, 7) is 0.679. The molecule has 31 heavy (non-hydrogen) atoms. The van der Waals surface area contributed by atoms with Crippen molar-refractivity contribution in [3.05, 3.63) is 106 Å². The summed E-state index contributed by atoms with van der Waals surface area (Å²) in [5.74, 6) is -0.572. The molecular weight excluding hydrogens is 429 g/mol. The minimum atomic E-state index is -0.572. The van der Waals surface area contributed by atoms with Crippen molar-refractivity contribution in [3.8, 4) is 6.07 Å². The third-order valence-corrected chi connectivity index (χ3v) is 5.51. The highest BCUT2D eigenvalue weighted by Gasteiger charge is 2.15. The summed E-state index contributed by atoms with van der Waals surface area (Å²) >= 11 is 12.3. The molecule has 1 amide bonds. The number of carbonyl (C=O) groups is 1. The number of aromatic nitrogens is 1. The van der Waals surface area contributed by atoms with Crippen LogP contribution in [0.25, 0.3) is 17.0 Å². The molecule has 0 saturated carbocycles. The molecule has 0 aliphatic heterocycles. The molecule has 152 valence electrons. The molecule has 0 radical (unpaired) electrons. The number of fused-ring (bicyclic) bond motifs is 1. The molecule has 1 aromatic heterocycles. The van der Waals surface area contributed by atoms with E-state index in [-0.39, 0.29) is 11.3 Å². The molecule has 1 N–H and O–H groups in total. The van der Waals surface area contributed by atoms with Gasteiger partial charge in [0.15, 0.2) is 0 Å². The molecule has 0 bridgehead atoms. The summed E-state index contributed by atoms with van der Waals surface area (Å²) in [6.07, 6.45) is 3.54. The van der Waals surface area contributed by atoms with Crippen molar-refractivity contribution < 1.29 is 4.79 Å². The molecule has 4 rings (SSSR count). The number of hydrogen-bond donors (Lipinski definition) is 1. The van der Waals surface area contributed by atoms with Gasteiger partial charge in [-0.3, -0.25) is 4.79 Å². The Hall–Kier alpha value is -3.52. The maximum atomic E-state index is 12.8. The normalized spacial score (nSPS) is 11.3. The quantitative estimate of drug-likeness (QED) is 0.280. The molecule has 0 aliphatic carbocycles. The third kappa shape index (κ3) is 4.49. The Labute approximate surface area is 189 Å². The lowest BCUT2D eigenvalue weighted by molar-refractivity contribution is -0.112. The highest BCUT2D eigenvalue weighted by atomic mass is 35.5. The minimum Gasteiger partial charge on any atom is -0.342 e. The van der Waals surface area contributed by atoms with Crippen LogP contribution in [0.2, 0.25) is 10.0 Å². The van der Waals surface area contributed by atoms with Gasteiger partial charge in [-0.1, -0.05) is 77.8 Å². The van der Waals surface area contributed by atoms with Crippen molar-refractivity contribution in [1.82, 2.24) is 4.57 Å². The molecule has 0 atom stereocenters. The fraction of sp³-hybridized carbons (Fsp3) is 0.0400. The molecule has 4 aromatic rings. The summed E-state index contributed by atoms with van der Waals surface area (Å²) in [6, 6.07) is 24.9. The van der Waals surface area contributed by atoms with Crippen LogP contribution >= 0.6 is 23.2 Å². The first-order chi connectivity index (χ1) is 15.1. The molecule has 0 unspecified atom stereocenters. The molecule has 6 heteroatoms. The molecule has 0 aliphatic rings. The van der Waals surface area contributed by atoms with Crippen molar-refractivity contribution in [2.24, 2.45) is 0 Å². The van der Waals surface area contributed by atoms with E-state index in [2.05, 4.69) is 22.0 Å². The maximum Gasteiger partial charge on any atom is 0.266 e. The van der Waals surface area contributed by atoms with Crippen LogP contribution < -0.4 is 5.32 Å². The van der Waals surface area contributed by atoms with Gasteiger partial charge in [0.1, 0.15) is 11.6 Å². The predicted molar refractivity (Wildman–Crippen MR) is 126 cm³/mol. The molecule has 0 fully saturated rings. The smallest absolute Gasteiger partial charge is 0.266 e. The van der Waals surface area contributed by atoms with Crippen molar-refractivity contribution >= 4 is 51.8 Å². The van der Waals surface area contributed by atoms with Crippen LogP contribution in [-0.4, -0.2) is 10.5 Å². The second kappa shape index (κ2) is 9.09.